The first-order valence-electron chi connectivity index (χ1n) is 9.20. The number of aryl methyl sites for hydroxylation is 3. The number of nitrogens with zero attached hydrogens (tertiary/aromatic N) is 1. The van der Waals surface area contributed by atoms with Crippen LogP contribution in [0.15, 0.2) is 42.5 Å². The van der Waals surface area contributed by atoms with Crippen molar-refractivity contribution < 1.29 is 4.79 Å². The van der Waals surface area contributed by atoms with Crippen molar-refractivity contribution >= 4 is 17.3 Å². The fourth-order valence-electron chi connectivity index (χ4n) is 3.05. The highest BCUT2D eigenvalue weighted by Gasteiger charge is 2.16. The zero-order valence-electron chi connectivity index (χ0n) is 16.1. The Labute approximate surface area is 152 Å². The lowest BCUT2D eigenvalue weighted by Crippen LogP contribution is -2.38. The van der Waals surface area contributed by atoms with Gasteiger partial charge in [0.05, 0.1) is 6.54 Å². The molecule has 0 bridgehead atoms. The van der Waals surface area contributed by atoms with Crippen LogP contribution in [0.4, 0.5) is 11.4 Å². The highest BCUT2D eigenvalue weighted by molar-refractivity contribution is 5.95. The highest BCUT2D eigenvalue weighted by atomic mass is 16.2. The molecule has 3 nitrogen and oxygen atoms in total. The summed E-state index contributed by atoms with van der Waals surface area (Å²) in [6.45, 7) is 10.9. The normalized spacial score (nSPS) is 10.8. The van der Waals surface area contributed by atoms with E-state index in [-0.39, 0.29) is 11.9 Å². The van der Waals surface area contributed by atoms with Gasteiger partial charge in [0, 0.05) is 17.4 Å². The number of anilines is 2. The predicted octanol–water partition coefficient (Wildman–Crippen LogP) is 4.97. The maximum absolute atomic E-state index is 12.8. The molecule has 0 spiro atoms. The van der Waals surface area contributed by atoms with Crippen molar-refractivity contribution in [3.8, 4) is 0 Å². The number of carbonyl (C=O) groups is 1. The van der Waals surface area contributed by atoms with Crippen molar-refractivity contribution in [3.05, 3.63) is 59.2 Å². The van der Waals surface area contributed by atoms with E-state index in [4.69, 9.17) is 0 Å². The third-order valence-corrected chi connectivity index (χ3v) is 4.57. The van der Waals surface area contributed by atoms with Crippen LogP contribution < -0.4 is 10.2 Å². The molecule has 0 aromatic heterocycles. The fraction of sp³-hybridized carbons (Fsp3) is 0.409. The molecule has 2 aromatic carbocycles. The Kier molecular flexibility index (Phi) is 6.63. The van der Waals surface area contributed by atoms with Crippen LogP contribution in [-0.2, 0) is 17.6 Å². The molecular weight excluding hydrogens is 308 g/mol. The van der Waals surface area contributed by atoms with E-state index in [1.807, 2.05) is 0 Å². The van der Waals surface area contributed by atoms with E-state index in [0.29, 0.717) is 6.54 Å². The molecule has 134 valence electrons. The summed E-state index contributed by atoms with van der Waals surface area (Å²) in [5.74, 6) is 0.0323. The fourth-order valence-corrected chi connectivity index (χ4v) is 3.05. The second-order valence-corrected chi connectivity index (χ2v) is 6.76. The smallest absolute Gasteiger partial charge is 0.243 e. The largest absolute Gasteiger partial charge is 0.360 e. The van der Waals surface area contributed by atoms with Gasteiger partial charge in [0.25, 0.3) is 0 Å². The maximum atomic E-state index is 12.8. The standard InChI is InChI=1S/C22H30N2O/c1-6-18-9-8-10-19(7-2)22(18)23-21(25)15-24(16(3)4)20-13-11-17(5)12-14-20/h8-14,16H,6-7,15H2,1-5H3,(H,23,25). The number of rotatable bonds is 7. The Morgan fingerprint density at radius 3 is 2.04 bits per heavy atom. The number of para-hydroxylation sites is 1. The third kappa shape index (κ3) is 4.85. The van der Waals surface area contributed by atoms with Crippen LogP contribution in [0.5, 0.6) is 0 Å². The monoisotopic (exact) mass is 338 g/mol. The van der Waals surface area contributed by atoms with Crippen molar-refractivity contribution in [3.63, 3.8) is 0 Å². The van der Waals surface area contributed by atoms with Gasteiger partial charge in [-0.05, 0) is 56.9 Å². The molecule has 3 heteroatoms. The summed E-state index contributed by atoms with van der Waals surface area (Å²) in [4.78, 5) is 14.9. The molecule has 0 saturated heterocycles. The predicted molar refractivity (Wildman–Crippen MR) is 107 cm³/mol. The quantitative estimate of drug-likeness (QED) is 0.773. The Balaban J connectivity index is 2.19. The molecule has 0 unspecified atom stereocenters. The summed E-state index contributed by atoms with van der Waals surface area (Å²) in [5, 5.41) is 3.17. The second-order valence-electron chi connectivity index (χ2n) is 6.76. The number of carbonyl (C=O) groups excluding carboxylic acids is 1. The van der Waals surface area contributed by atoms with Crippen LogP contribution in [0.2, 0.25) is 0 Å². The number of hydrogen-bond acceptors (Lipinski definition) is 2. The van der Waals surface area contributed by atoms with Gasteiger partial charge < -0.3 is 10.2 Å². The molecule has 2 rings (SSSR count). The molecule has 0 atom stereocenters. The minimum atomic E-state index is 0.0323. The first-order chi connectivity index (χ1) is 12.0. The van der Waals surface area contributed by atoms with Crippen LogP contribution in [0.3, 0.4) is 0 Å². The van der Waals surface area contributed by atoms with Gasteiger partial charge in [-0.15, -0.1) is 0 Å². The van der Waals surface area contributed by atoms with Crippen LogP contribution >= 0.6 is 0 Å². The molecule has 0 radical (unpaired) electrons. The summed E-state index contributed by atoms with van der Waals surface area (Å²) in [6, 6.07) is 14.8. The molecule has 0 saturated carbocycles. The van der Waals surface area contributed by atoms with E-state index >= 15 is 0 Å². The zero-order chi connectivity index (χ0) is 18.4. The summed E-state index contributed by atoms with van der Waals surface area (Å²) >= 11 is 0. The lowest BCUT2D eigenvalue weighted by molar-refractivity contribution is -0.115. The molecule has 0 heterocycles. The van der Waals surface area contributed by atoms with E-state index in [2.05, 4.69) is 87.3 Å². The molecule has 25 heavy (non-hydrogen) atoms. The van der Waals surface area contributed by atoms with Crippen molar-refractivity contribution in [1.29, 1.82) is 0 Å². The van der Waals surface area contributed by atoms with Gasteiger partial charge in [0.15, 0.2) is 0 Å². The maximum Gasteiger partial charge on any atom is 0.243 e. The molecule has 0 aliphatic rings. The summed E-state index contributed by atoms with van der Waals surface area (Å²) in [5.41, 5.74) is 5.68. The Morgan fingerprint density at radius 2 is 1.56 bits per heavy atom. The summed E-state index contributed by atoms with van der Waals surface area (Å²) < 4.78 is 0. The van der Waals surface area contributed by atoms with Gasteiger partial charge >= 0.3 is 0 Å². The SMILES string of the molecule is CCc1cccc(CC)c1NC(=O)CN(c1ccc(C)cc1)C(C)C. The topological polar surface area (TPSA) is 32.3 Å². The Hall–Kier alpha value is -2.29. The van der Waals surface area contributed by atoms with Crippen molar-refractivity contribution in [2.45, 2.75) is 53.5 Å². The second kappa shape index (κ2) is 8.70. The highest BCUT2D eigenvalue weighted by Crippen LogP contribution is 2.23. The first-order valence-corrected chi connectivity index (χ1v) is 9.20. The summed E-state index contributed by atoms with van der Waals surface area (Å²) in [6.07, 6.45) is 1.82. The van der Waals surface area contributed by atoms with Crippen molar-refractivity contribution in [1.82, 2.24) is 0 Å². The van der Waals surface area contributed by atoms with E-state index < -0.39 is 0 Å². The third-order valence-electron chi connectivity index (χ3n) is 4.57. The van der Waals surface area contributed by atoms with Gasteiger partial charge in [-0.2, -0.15) is 0 Å². The molecule has 0 aliphatic heterocycles. The van der Waals surface area contributed by atoms with Crippen LogP contribution in [0.1, 0.15) is 44.4 Å². The number of amides is 1. The molecule has 1 amide bonds. The van der Waals surface area contributed by atoms with E-state index in [9.17, 15) is 4.79 Å². The van der Waals surface area contributed by atoms with Gasteiger partial charge in [-0.1, -0.05) is 49.7 Å². The molecule has 2 aromatic rings. The number of hydrogen-bond donors (Lipinski definition) is 1. The first kappa shape index (κ1) is 19.0. The minimum absolute atomic E-state index is 0.0323. The average molecular weight is 338 g/mol. The van der Waals surface area contributed by atoms with E-state index in [0.717, 1.165) is 24.2 Å². The Morgan fingerprint density at radius 1 is 1.00 bits per heavy atom. The minimum Gasteiger partial charge on any atom is -0.360 e. The van der Waals surface area contributed by atoms with Gasteiger partial charge in [0.1, 0.15) is 0 Å². The lowest BCUT2D eigenvalue weighted by Gasteiger charge is -2.29. The zero-order valence-corrected chi connectivity index (χ0v) is 16.1. The molecule has 1 N–H and O–H groups in total. The van der Waals surface area contributed by atoms with Crippen LogP contribution in [-0.4, -0.2) is 18.5 Å². The van der Waals surface area contributed by atoms with Gasteiger partial charge in [-0.25, -0.2) is 0 Å². The van der Waals surface area contributed by atoms with Crippen molar-refractivity contribution in [2.75, 3.05) is 16.8 Å². The molecular formula is C22H30N2O. The van der Waals surface area contributed by atoms with Crippen LogP contribution in [0, 0.1) is 6.92 Å². The lowest BCUT2D eigenvalue weighted by atomic mass is 10.0. The van der Waals surface area contributed by atoms with Crippen LogP contribution in [0.25, 0.3) is 0 Å². The number of nitrogens with one attached hydrogen (secondary N) is 1. The number of benzene rings is 2. The van der Waals surface area contributed by atoms with E-state index in [1.165, 1.54) is 16.7 Å². The van der Waals surface area contributed by atoms with E-state index in [1.54, 1.807) is 0 Å². The van der Waals surface area contributed by atoms with Crippen molar-refractivity contribution in [2.24, 2.45) is 0 Å². The van der Waals surface area contributed by atoms with Gasteiger partial charge in [-0.3, -0.25) is 4.79 Å². The molecule has 0 aliphatic carbocycles. The summed E-state index contributed by atoms with van der Waals surface area (Å²) in [7, 11) is 0. The average Bonchev–Trinajstić information content (AvgIpc) is 2.60. The van der Waals surface area contributed by atoms with Gasteiger partial charge in [0.2, 0.25) is 5.91 Å². The molecule has 0 fully saturated rings. The Bertz CT molecular complexity index is 682.